The molecule has 0 bridgehead atoms. The smallest absolute Gasteiger partial charge is 0.731 e. The number of nitrogens with zero attached hydrogens (tertiary/aromatic N) is 3. The molecule has 1 N–H and O–H groups in total. The van der Waals surface area contributed by atoms with Gasteiger partial charge in [-0.1, -0.05) is 18.2 Å². The van der Waals surface area contributed by atoms with Crippen LogP contribution in [0.15, 0.2) is 49.3 Å². The minimum absolute atomic E-state index is 0. The van der Waals surface area contributed by atoms with Gasteiger partial charge in [-0.3, -0.25) is 4.72 Å². The molecule has 2 rings (SSSR count). The van der Waals surface area contributed by atoms with Gasteiger partial charge in [-0.15, -0.1) is 0 Å². The third kappa shape index (κ3) is 9.02. The summed E-state index contributed by atoms with van der Waals surface area (Å²) >= 11 is 0. The molecule has 0 unspecified atom stereocenters. The van der Waals surface area contributed by atoms with Crippen molar-refractivity contribution in [1.82, 2.24) is 15.0 Å². The number of anilines is 1. The van der Waals surface area contributed by atoms with Gasteiger partial charge in [-0.25, -0.2) is 23.4 Å². The van der Waals surface area contributed by atoms with Gasteiger partial charge >= 0.3 is 29.6 Å². The second kappa shape index (κ2) is 8.95. The first-order valence-corrected chi connectivity index (χ1v) is 5.82. The number of nitrogens with one attached hydrogen (secondary N) is 1. The van der Waals surface area contributed by atoms with Gasteiger partial charge in [0.2, 0.25) is 0 Å². The largest absolute Gasteiger partial charge is 1.00 e. The Bertz CT molecular complexity index is 497. The van der Waals surface area contributed by atoms with E-state index >= 15 is 0 Å². The third-order valence-electron chi connectivity index (χ3n) is 1.42. The number of para-hydroxylation sites is 1. The first-order valence-electron chi connectivity index (χ1n) is 4.41. The van der Waals surface area contributed by atoms with E-state index in [2.05, 4.69) is 15.0 Å². The molecular formula is C9H9N4NaO3S. The summed E-state index contributed by atoms with van der Waals surface area (Å²) in [5, 5.41) is 0. The van der Waals surface area contributed by atoms with E-state index in [1.54, 1.807) is 22.9 Å². The van der Waals surface area contributed by atoms with Crippen molar-refractivity contribution >= 4 is 16.0 Å². The average molecular weight is 276 g/mol. The number of hydrogen-bond acceptors (Lipinski definition) is 6. The van der Waals surface area contributed by atoms with Crippen LogP contribution in [0.3, 0.4) is 0 Å². The van der Waals surface area contributed by atoms with Crippen molar-refractivity contribution in [3.8, 4) is 0 Å². The maximum absolute atomic E-state index is 10.1. The minimum atomic E-state index is -4.38. The van der Waals surface area contributed by atoms with Gasteiger partial charge < -0.3 is 4.55 Å². The van der Waals surface area contributed by atoms with Crippen LogP contribution in [0, 0.1) is 0 Å². The Balaban J connectivity index is 0.000000352. The summed E-state index contributed by atoms with van der Waals surface area (Å²) < 4.78 is 32.2. The van der Waals surface area contributed by atoms with Gasteiger partial charge in [0.15, 0.2) is 10.3 Å². The van der Waals surface area contributed by atoms with E-state index in [4.69, 9.17) is 0 Å². The van der Waals surface area contributed by atoms with Gasteiger partial charge in [0.1, 0.15) is 19.0 Å². The zero-order chi connectivity index (χ0) is 12.6. The molecule has 2 aromatic rings. The monoisotopic (exact) mass is 276 g/mol. The summed E-state index contributed by atoms with van der Waals surface area (Å²) in [6.07, 6.45) is 4.31. The van der Waals surface area contributed by atoms with Crippen molar-refractivity contribution < 1.29 is 42.5 Å². The molecule has 0 fully saturated rings. The molecule has 18 heavy (non-hydrogen) atoms. The van der Waals surface area contributed by atoms with Crippen LogP contribution in [0.4, 0.5) is 5.69 Å². The zero-order valence-electron chi connectivity index (χ0n) is 9.59. The molecule has 9 heteroatoms. The van der Waals surface area contributed by atoms with Crippen LogP contribution in [-0.4, -0.2) is 27.9 Å². The fourth-order valence-corrected chi connectivity index (χ4v) is 1.28. The molecule has 0 aliphatic rings. The molecule has 0 aliphatic carbocycles. The average Bonchev–Trinajstić information content (AvgIpc) is 2.31. The first kappa shape index (κ1) is 16.9. The maximum atomic E-state index is 10.1. The maximum Gasteiger partial charge on any atom is 1.00 e. The molecule has 0 atom stereocenters. The predicted octanol–water partition coefficient (Wildman–Crippen LogP) is -2.57. The Kier molecular flexibility index (Phi) is 8.42. The van der Waals surface area contributed by atoms with Gasteiger partial charge in [-0.2, -0.15) is 0 Å². The van der Waals surface area contributed by atoms with Crippen LogP contribution in [0.25, 0.3) is 0 Å². The summed E-state index contributed by atoms with van der Waals surface area (Å²) in [5.41, 5.74) is 0.280. The van der Waals surface area contributed by atoms with Crippen LogP contribution in [0.2, 0.25) is 0 Å². The van der Waals surface area contributed by atoms with E-state index in [1.165, 1.54) is 31.1 Å². The molecule has 1 heterocycles. The molecule has 0 saturated carbocycles. The summed E-state index contributed by atoms with van der Waals surface area (Å²) in [7, 11) is -4.38. The third-order valence-corrected chi connectivity index (χ3v) is 1.90. The van der Waals surface area contributed by atoms with E-state index in [1.807, 2.05) is 0 Å². The van der Waals surface area contributed by atoms with Crippen molar-refractivity contribution in [2.75, 3.05) is 4.72 Å². The molecule has 0 amide bonds. The Hall–Kier alpha value is -1.06. The SMILES string of the molecule is O=S(=O)([O-])Nc1ccccc1.[Na+].c1ncncn1. The van der Waals surface area contributed by atoms with Crippen molar-refractivity contribution in [2.45, 2.75) is 0 Å². The molecule has 0 aliphatic heterocycles. The Morgan fingerprint density at radius 1 is 0.944 bits per heavy atom. The standard InChI is InChI=1S/C6H7NO3S.C3H3N3.Na/c8-11(9,10)7-6-4-2-1-3-5-6;1-4-2-6-3-5-1;/h1-5,7H,(H,8,9,10);1-3H;/q;;+1/p-1. The van der Waals surface area contributed by atoms with Gasteiger partial charge in [0, 0.05) is 5.69 Å². The van der Waals surface area contributed by atoms with Crippen LogP contribution >= 0.6 is 0 Å². The van der Waals surface area contributed by atoms with E-state index in [0.29, 0.717) is 0 Å². The molecule has 0 saturated heterocycles. The van der Waals surface area contributed by atoms with Crippen molar-refractivity contribution in [3.63, 3.8) is 0 Å². The second-order valence-electron chi connectivity index (χ2n) is 2.72. The molecular weight excluding hydrogens is 267 g/mol. The zero-order valence-corrected chi connectivity index (χ0v) is 12.4. The van der Waals surface area contributed by atoms with E-state index < -0.39 is 10.3 Å². The number of aromatic nitrogens is 3. The normalized spacial score (nSPS) is 9.39. The topological polar surface area (TPSA) is 108 Å². The molecule has 1 aromatic carbocycles. The van der Waals surface area contributed by atoms with E-state index in [-0.39, 0.29) is 35.2 Å². The van der Waals surface area contributed by atoms with Gasteiger partial charge in [0.25, 0.3) is 0 Å². The molecule has 7 nitrogen and oxygen atoms in total. The fraction of sp³-hybridized carbons (Fsp3) is 0. The van der Waals surface area contributed by atoms with Crippen molar-refractivity contribution in [2.24, 2.45) is 0 Å². The van der Waals surface area contributed by atoms with Crippen LogP contribution in [0.5, 0.6) is 0 Å². The fourth-order valence-electron chi connectivity index (χ4n) is 0.855. The van der Waals surface area contributed by atoms with Crippen molar-refractivity contribution in [3.05, 3.63) is 49.3 Å². The number of benzene rings is 1. The van der Waals surface area contributed by atoms with Crippen LogP contribution < -0.4 is 34.3 Å². The summed E-state index contributed by atoms with van der Waals surface area (Å²) in [6.45, 7) is 0. The van der Waals surface area contributed by atoms with Crippen LogP contribution in [-0.2, 0) is 10.3 Å². The Morgan fingerprint density at radius 3 is 1.72 bits per heavy atom. The molecule has 0 radical (unpaired) electrons. The minimum Gasteiger partial charge on any atom is -0.731 e. The molecule has 0 spiro atoms. The Labute approximate surface area is 127 Å². The molecule has 90 valence electrons. The summed E-state index contributed by atoms with van der Waals surface area (Å²) in [5.74, 6) is 0. The number of rotatable bonds is 2. The Morgan fingerprint density at radius 2 is 1.39 bits per heavy atom. The van der Waals surface area contributed by atoms with E-state index in [9.17, 15) is 13.0 Å². The quantitative estimate of drug-likeness (QED) is 0.477. The number of hydrogen-bond donors (Lipinski definition) is 1. The second-order valence-corrected chi connectivity index (χ2v) is 3.83. The molecule has 1 aromatic heterocycles. The summed E-state index contributed by atoms with van der Waals surface area (Å²) in [6, 6.07) is 7.98. The van der Waals surface area contributed by atoms with E-state index in [0.717, 1.165) is 0 Å². The van der Waals surface area contributed by atoms with Crippen molar-refractivity contribution in [1.29, 1.82) is 0 Å². The first-order chi connectivity index (χ1) is 8.08. The van der Waals surface area contributed by atoms with Gasteiger partial charge in [-0.05, 0) is 12.1 Å². The predicted molar refractivity (Wildman–Crippen MR) is 59.6 cm³/mol. The van der Waals surface area contributed by atoms with Gasteiger partial charge in [0.05, 0.1) is 0 Å². The summed E-state index contributed by atoms with van der Waals surface area (Å²) in [4.78, 5) is 10.7. The van der Waals surface area contributed by atoms with Crippen LogP contribution in [0.1, 0.15) is 0 Å².